The molecule has 1 aliphatic rings. The van der Waals surface area contributed by atoms with E-state index in [1.807, 2.05) is 6.92 Å². The maximum absolute atomic E-state index is 4.42. The second-order valence-corrected chi connectivity index (χ2v) is 5.21. The Labute approximate surface area is 95.5 Å². The molecule has 0 saturated heterocycles. The Balaban J connectivity index is 1.58. The van der Waals surface area contributed by atoms with Crippen LogP contribution in [0.15, 0.2) is 5.38 Å². The summed E-state index contributed by atoms with van der Waals surface area (Å²) in [6.07, 6.45) is 2.78. The minimum absolute atomic E-state index is 0.869. The highest BCUT2D eigenvalue weighted by Gasteiger charge is 2.25. The first-order chi connectivity index (χ1) is 7.25. The van der Waals surface area contributed by atoms with Crippen LogP contribution in [0.25, 0.3) is 0 Å². The van der Waals surface area contributed by atoms with Gasteiger partial charge >= 0.3 is 0 Å². The molecule has 0 radical (unpaired) electrons. The van der Waals surface area contributed by atoms with Crippen LogP contribution in [0.4, 0.5) is 0 Å². The second-order valence-electron chi connectivity index (χ2n) is 4.27. The highest BCUT2D eigenvalue weighted by molar-refractivity contribution is 7.09. The van der Waals surface area contributed by atoms with Crippen molar-refractivity contribution in [1.29, 1.82) is 0 Å². The highest BCUT2D eigenvalue weighted by atomic mass is 32.1. The Hall–Kier alpha value is -0.450. The molecule has 3 nitrogen and oxygen atoms in total. The lowest BCUT2D eigenvalue weighted by Crippen LogP contribution is -2.30. The van der Waals surface area contributed by atoms with E-state index in [4.69, 9.17) is 0 Å². The number of hydrogen-bond donors (Lipinski definition) is 1. The molecular weight excluding hydrogens is 206 g/mol. The predicted molar refractivity (Wildman–Crippen MR) is 64.2 cm³/mol. The van der Waals surface area contributed by atoms with E-state index < -0.39 is 0 Å². The van der Waals surface area contributed by atoms with Crippen molar-refractivity contribution in [3.05, 3.63) is 16.1 Å². The molecule has 2 rings (SSSR count). The molecule has 84 valence electrons. The molecule has 1 fully saturated rings. The summed E-state index contributed by atoms with van der Waals surface area (Å²) in [5.41, 5.74) is 1.13. The Bertz CT molecular complexity index is 307. The van der Waals surface area contributed by atoms with Crippen molar-refractivity contribution in [1.82, 2.24) is 15.2 Å². The lowest BCUT2D eigenvalue weighted by atomic mass is 10.5. The Morgan fingerprint density at radius 2 is 2.40 bits per heavy atom. The van der Waals surface area contributed by atoms with Gasteiger partial charge in [0.2, 0.25) is 0 Å². The molecule has 1 heterocycles. The van der Waals surface area contributed by atoms with Crippen LogP contribution in [0.5, 0.6) is 0 Å². The van der Waals surface area contributed by atoms with Gasteiger partial charge in [0.15, 0.2) is 0 Å². The van der Waals surface area contributed by atoms with E-state index in [9.17, 15) is 0 Å². The molecule has 0 amide bonds. The molecule has 0 atom stereocenters. The van der Waals surface area contributed by atoms with Crippen LogP contribution >= 0.6 is 11.3 Å². The van der Waals surface area contributed by atoms with Crippen LogP contribution < -0.4 is 5.32 Å². The van der Waals surface area contributed by atoms with E-state index in [1.54, 1.807) is 11.3 Å². The fourth-order valence-corrected chi connectivity index (χ4v) is 2.37. The molecule has 1 aliphatic carbocycles. The maximum atomic E-state index is 4.42. The molecule has 1 aromatic heterocycles. The minimum Gasteiger partial charge on any atom is -0.309 e. The van der Waals surface area contributed by atoms with Gasteiger partial charge in [0.1, 0.15) is 5.01 Å². The van der Waals surface area contributed by atoms with Crippen LogP contribution in [-0.4, -0.2) is 36.1 Å². The first-order valence-corrected chi connectivity index (χ1v) is 6.45. The van der Waals surface area contributed by atoms with Gasteiger partial charge in [-0.2, -0.15) is 0 Å². The molecular formula is C11H19N3S. The average Bonchev–Trinajstić information content (AvgIpc) is 2.98. The number of aromatic nitrogens is 1. The number of likely N-dealkylation sites (N-methyl/N-ethyl adjacent to an activating group) is 1. The van der Waals surface area contributed by atoms with Gasteiger partial charge in [-0.3, -0.25) is 0 Å². The van der Waals surface area contributed by atoms with Crippen molar-refractivity contribution in [3.63, 3.8) is 0 Å². The Kier molecular flexibility index (Phi) is 3.72. The zero-order chi connectivity index (χ0) is 10.7. The smallest absolute Gasteiger partial charge is 0.107 e. The summed E-state index contributed by atoms with van der Waals surface area (Å²) in [5.74, 6) is 0. The topological polar surface area (TPSA) is 28.2 Å². The normalized spacial score (nSPS) is 16.2. The van der Waals surface area contributed by atoms with E-state index >= 15 is 0 Å². The van der Waals surface area contributed by atoms with Crippen molar-refractivity contribution >= 4 is 11.3 Å². The third kappa shape index (κ3) is 3.55. The lowest BCUT2D eigenvalue weighted by Gasteiger charge is -2.15. The van der Waals surface area contributed by atoms with Crippen LogP contribution in [0.3, 0.4) is 0 Å². The number of nitrogens with zero attached hydrogens (tertiary/aromatic N) is 2. The summed E-state index contributed by atoms with van der Waals surface area (Å²) in [6.45, 7) is 5.17. The van der Waals surface area contributed by atoms with Crippen LogP contribution in [0.1, 0.15) is 23.5 Å². The molecule has 4 heteroatoms. The minimum atomic E-state index is 0.869. The molecule has 15 heavy (non-hydrogen) atoms. The number of aryl methyl sites for hydroxylation is 1. The number of nitrogens with one attached hydrogen (secondary N) is 1. The fraction of sp³-hybridized carbons (Fsp3) is 0.727. The molecule has 0 aromatic carbocycles. The summed E-state index contributed by atoms with van der Waals surface area (Å²) in [7, 11) is 2.22. The van der Waals surface area contributed by atoms with Gasteiger partial charge in [0.05, 0.1) is 0 Å². The molecule has 0 spiro atoms. The van der Waals surface area contributed by atoms with E-state index in [0.717, 1.165) is 31.4 Å². The van der Waals surface area contributed by atoms with Crippen LogP contribution in [-0.2, 0) is 6.54 Å². The van der Waals surface area contributed by atoms with Gasteiger partial charge in [0, 0.05) is 36.8 Å². The van der Waals surface area contributed by atoms with Crippen LogP contribution in [0.2, 0.25) is 0 Å². The third-order valence-corrected chi connectivity index (χ3v) is 3.72. The molecule has 1 aromatic rings. The largest absolute Gasteiger partial charge is 0.309 e. The summed E-state index contributed by atoms with van der Waals surface area (Å²) in [4.78, 5) is 6.86. The molecule has 1 saturated carbocycles. The molecule has 0 aliphatic heterocycles. The van der Waals surface area contributed by atoms with Gasteiger partial charge < -0.3 is 10.2 Å². The van der Waals surface area contributed by atoms with E-state index in [-0.39, 0.29) is 0 Å². The molecule has 1 N–H and O–H groups in total. The van der Waals surface area contributed by atoms with Crippen LogP contribution in [0, 0.1) is 6.92 Å². The van der Waals surface area contributed by atoms with Crippen molar-refractivity contribution in [2.45, 2.75) is 32.4 Å². The SMILES string of the molecule is Cc1csc(CNCCN(C)C2CC2)n1. The highest BCUT2D eigenvalue weighted by Crippen LogP contribution is 2.24. The Morgan fingerprint density at radius 3 is 3.00 bits per heavy atom. The zero-order valence-electron chi connectivity index (χ0n) is 9.49. The monoisotopic (exact) mass is 225 g/mol. The average molecular weight is 225 g/mol. The Morgan fingerprint density at radius 1 is 1.60 bits per heavy atom. The van der Waals surface area contributed by atoms with E-state index in [2.05, 4.69) is 27.6 Å². The van der Waals surface area contributed by atoms with Crippen molar-refractivity contribution in [2.24, 2.45) is 0 Å². The first-order valence-electron chi connectivity index (χ1n) is 5.57. The number of thiazole rings is 1. The number of hydrogen-bond acceptors (Lipinski definition) is 4. The lowest BCUT2D eigenvalue weighted by molar-refractivity contribution is 0.321. The maximum Gasteiger partial charge on any atom is 0.107 e. The predicted octanol–water partition coefficient (Wildman–Crippen LogP) is 1.64. The van der Waals surface area contributed by atoms with Crippen molar-refractivity contribution in [3.8, 4) is 0 Å². The summed E-state index contributed by atoms with van der Waals surface area (Å²) >= 11 is 1.74. The van der Waals surface area contributed by atoms with Gasteiger partial charge in [-0.1, -0.05) is 0 Å². The summed E-state index contributed by atoms with van der Waals surface area (Å²) < 4.78 is 0. The third-order valence-electron chi connectivity index (χ3n) is 2.75. The standard InChI is InChI=1S/C11H19N3S/c1-9-8-15-11(13-9)7-12-5-6-14(2)10-3-4-10/h8,10,12H,3-7H2,1-2H3. The first kappa shape index (κ1) is 11.0. The molecule has 0 bridgehead atoms. The van der Waals surface area contributed by atoms with Crippen molar-refractivity contribution in [2.75, 3.05) is 20.1 Å². The fourth-order valence-electron chi connectivity index (χ4n) is 1.63. The second kappa shape index (κ2) is 5.05. The van der Waals surface area contributed by atoms with Gasteiger partial charge in [-0.05, 0) is 26.8 Å². The van der Waals surface area contributed by atoms with E-state index in [1.165, 1.54) is 17.8 Å². The van der Waals surface area contributed by atoms with Gasteiger partial charge in [0.25, 0.3) is 0 Å². The quantitative estimate of drug-likeness (QED) is 0.746. The van der Waals surface area contributed by atoms with Gasteiger partial charge in [-0.25, -0.2) is 4.98 Å². The molecule has 0 unspecified atom stereocenters. The number of rotatable bonds is 6. The van der Waals surface area contributed by atoms with Crippen molar-refractivity contribution < 1.29 is 0 Å². The van der Waals surface area contributed by atoms with Gasteiger partial charge in [-0.15, -0.1) is 11.3 Å². The zero-order valence-corrected chi connectivity index (χ0v) is 10.3. The van der Waals surface area contributed by atoms with E-state index in [0.29, 0.717) is 0 Å². The summed E-state index contributed by atoms with van der Waals surface area (Å²) in [6, 6.07) is 0.869. The summed E-state index contributed by atoms with van der Waals surface area (Å²) in [5, 5.41) is 6.74.